The zero-order chi connectivity index (χ0) is 19.9. The largest absolute Gasteiger partial charge is 0.356 e. The highest BCUT2D eigenvalue weighted by atomic mass is 32.1. The second-order valence-corrected chi connectivity index (χ2v) is 8.11. The number of guanidine groups is 1. The molecule has 1 atom stereocenters. The van der Waals surface area contributed by atoms with Gasteiger partial charge in [-0.1, -0.05) is 41.6 Å². The summed E-state index contributed by atoms with van der Waals surface area (Å²) >= 11 is 1.82. The molecule has 1 aromatic carbocycles. The summed E-state index contributed by atoms with van der Waals surface area (Å²) in [5.74, 6) is 1.55. The third-order valence-corrected chi connectivity index (χ3v) is 6.17. The van der Waals surface area contributed by atoms with E-state index in [1.54, 1.807) is 7.05 Å². The van der Waals surface area contributed by atoms with Crippen LogP contribution in [-0.2, 0) is 6.54 Å². The summed E-state index contributed by atoms with van der Waals surface area (Å²) in [6.45, 7) is 3.71. The maximum absolute atomic E-state index is 5.48. The molecule has 1 fully saturated rings. The highest BCUT2D eigenvalue weighted by Gasteiger charge is 2.24. The molecule has 1 aliphatic heterocycles. The Morgan fingerprint density at radius 3 is 2.72 bits per heavy atom. The van der Waals surface area contributed by atoms with Gasteiger partial charge in [-0.3, -0.25) is 9.89 Å². The van der Waals surface area contributed by atoms with Gasteiger partial charge in [0.1, 0.15) is 5.69 Å². The molecule has 3 aromatic rings. The van der Waals surface area contributed by atoms with E-state index in [-0.39, 0.29) is 0 Å². The minimum absolute atomic E-state index is 0.382. The minimum atomic E-state index is 0.382. The molecule has 1 unspecified atom stereocenters. The van der Waals surface area contributed by atoms with Crippen molar-refractivity contribution in [1.82, 2.24) is 20.7 Å². The Labute approximate surface area is 175 Å². The van der Waals surface area contributed by atoms with Gasteiger partial charge < -0.3 is 15.2 Å². The Bertz CT molecular complexity index is 900. The number of rotatable bonds is 7. The van der Waals surface area contributed by atoms with Crippen LogP contribution in [0.25, 0.3) is 11.3 Å². The lowest BCUT2D eigenvalue weighted by atomic mass is 10.2. The smallest absolute Gasteiger partial charge is 0.191 e. The molecule has 0 amide bonds. The van der Waals surface area contributed by atoms with Gasteiger partial charge in [0.2, 0.25) is 0 Å². The molecule has 152 valence electrons. The Balaban J connectivity index is 1.33. The summed E-state index contributed by atoms with van der Waals surface area (Å²) < 4.78 is 5.48. The molecule has 2 N–H and O–H groups in total. The Hall–Kier alpha value is -2.64. The molecular formula is C22H27N5OS. The number of likely N-dealkylation sites (tertiary alicyclic amines) is 1. The molecule has 1 aliphatic rings. The van der Waals surface area contributed by atoms with Crippen LogP contribution in [0.1, 0.15) is 29.5 Å². The predicted octanol–water partition coefficient (Wildman–Crippen LogP) is 3.91. The first-order chi connectivity index (χ1) is 14.3. The zero-order valence-electron chi connectivity index (χ0n) is 16.7. The fourth-order valence-corrected chi connectivity index (χ4v) is 4.53. The zero-order valence-corrected chi connectivity index (χ0v) is 17.5. The molecule has 29 heavy (non-hydrogen) atoms. The lowest BCUT2D eigenvalue weighted by Gasteiger charge is -2.27. The van der Waals surface area contributed by atoms with E-state index in [0.717, 1.165) is 42.6 Å². The summed E-state index contributed by atoms with van der Waals surface area (Å²) in [5.41, 5.74) is 1.87. The van der Waals surface area contributed by atoms with E-state index in [9.17, 15) is 0 Å². The summed E-state index contributed by atoms with van der Waals surface area (Å²) in [6, 6.07) is 16.7. The van der Waals surface area contributed by atoms with E-state index in [0.29, 0.717) is 12.6 Å². The summed E-state index contributed by atoms with van der Waals surface area (Å²) in [4.78, 5) is 8.34. The van der Waals surface area contributed by atoms with Gasteiger partial charge in [-0.2, -0.15) is 0 Å². The van der Waals surface area contributed by atoms with Crippen LogP contribution in [-0.4, -0.2) is 42.7 Å². The van der Waals surface area contributed by atoms with Gasteiger partial charge in [-0.15, -0.1) is 11.3 Å². The SMILES string of the molecule is CN=C(NCc1cc(-c2ccccc2)on1)NCC(c1cccs1)N1CCCC1. The van der Waals surface area contributed by atoms with Gasteiger partial charge in [-0.25, -0.2) is 0 Å². The van der Waals surface area contributed by atoms with E-state index in [1.807, 2.05) is 47.7 Å². The van der Waals surface area contributed by atoms with Gasteiger partial charge >= 0.3 is 0 Å². The van der Waals surface area contributed by atoms with Gasteiger partial charge in [0, 0.05) is 30.1 Å². The number of hydrogen-bond donors (Lipinski definition) is 2. The summed E-state index contributed by atoms with van der Waals surface area (Å²) in [7, 11) is 1.80. The van der Waals surface area contributed by atoms with E-state index in [1.165, 1.54) is 17.7 Å². The maximum Gasteiger partial charge on any atom is 0.191 e. The molecule has 6 nitrogen and oxygen atoms in total. The maximum atomic E-state index is 5.48. The van der Waals surface area contributed by atoms with E-state index < -0.39 is 0 Å². The molecule has 4 rings (SSSR count). The normalized spacial score (nSPS) is 16.1. The number of aliphatic imine (C=N–C) groups is 1. The highest BCUT2D eigenvalue weighted by Crippen LogP contribution is 2.27. The van der Waals surface area contributed by atoms with Gasteiger partial charge in [0.05, 0.1) is 12.6 Å². The molecule has 0 radical (unpaired) electrons. The van der Waals surface area contributed by atoms with Crippen molar-refractivity contribution in [2.75, 3.05) is 26.7 Å². The monoisotopic (exact) mass is 409 g/mol. The van der Waals surface area contributed by atoms with Crippen LogP contribution < -0.4 is 10.6 Å². The predicted molar refractivity (Wildman–Crippen MR) is 118 cm³/mol. The molecule has 0 aliphatic carbocycles. The first kappa shape index (κ1) is 19.7. The molecule has 1 saturated heterocycles. The molecule has 3 heterocycles. The standard InChI is InChI=1S/C22H27N5OS/c1-23-22(24-15-18-14-20(28-26-18)17-8-3-2-4-9-17)25-16-19(21-10-7-13-29-21)27-11-5-6-12-27/h2-4,7-10,13-14,19H,5-6,11-12,15-16H2,1H3,(H2,23,24,25). The first-order valence-electron chi connectivity index (χ1n) is 10.1. The van der Waals surface area contributed by atoms with Crippen LogP contribution in [0.3, 0.4) is 0 Å². The average Bonchev–Trinajstić information content (AvgIpc) is 3.54. The van der Waals surface area contributed by atoms with Crippen LogP contribution in [0.4, 0.5) is 0 Å². The second kappa shape index (κ2) is 9.71. The van der Waals surface area contributed by atoms with Gasteiger partial charge in [-0.05, 0) is 37.4 Å². The molecular weight excluding hydrogens is 382 g/mol. The Morgan fingerprint density at radius 2 is 2.00 bits per heavy atom. The summed E-state index contributed by atoms with van der Waals surface area (Å²) in [6.07, 6.45) is 2.56. The Kier molecular flexibility index (Phi) is 6.59. The van der Waals surface area contributed by atoms with Crippen LogP contribution >= 0.6 is 11.3 Å². The average molecular weight is 410 g/mol. The van der Waals surface area contributed by atoms with Crippen molar-refractivity contribution in [1.29, 1.82) is 0 Å². The number of hydrogen-bond acceptors (Lipinski definition) is 5. The fourth-order valence-electron chi connectivity index (χ4n) is 3.67. The second-order valence-electron chi connectivity index (χ2n) is 7.13. The molecule has 0 spiro atoms. The number of nitrogens with zero attached hydrogens (tertiary/aromatic N) is 3. The number of aromatic nitrogens is 1. The van der Waals surface area contributed by atoms with Crippen molar-refractivity contribution in [3.63, 3.8) is 0 Å². The quantitative estimate of drug-likeness (QED) is 0.458. The van der Waals surface area contributed by atoms with Gasteiger partial charge in [0.25, 0.3) is 0 Å². The van der Waals surface area contributed by atoms with Crippen molar-refractivity contribution in [2.45, 2.75) is 25.4 Å². The minimum Gasteiger partial charge on any atom is -0.356 e. The number of nitrogens with one attached hydrogen (secondary N) is 2. The third-order valence-electron chi connectivity index (χ3n) is 5.19. The molecule has 7 heteroatoms. The molecule has 0 saturated carbocycles. The van der Waals surface area contributed by atoms with Crippen LogP contribution in [0.2, 0.25) is 0 Å². The van der Waals surface area contributed by atoms with Crippen molar-refractivity contribution in [3.8, 4) is 11.3 Å². The van der Waals surface area contributed by atoms with Crippen molar-refractivity contribution in [2.24, 2.45) is 4.99 Å². The van der Waals surface area contributed by atoms with Crippen molar-refractivity contribution >= 4 is 17.3 Å². The van der Waals surface area contributed by atoms with Crippen molar-refractivity contribution in [3.05, 3.63) is 64.5 Å². The van der Waals surface area contributed by atoms with Gasteiger partial charge in [0.15, 0.2) is 11.7 Å². The third kappa shape index (κ3) is 5.05. The number of thiophene rings is 1. The summed E-state index contributed by atoms with van der Waals surface area (Å²) in [5, 5.41) is 13.2. The first-order valence-corrected chi connectivity index (χ1v) is 10.9. The number of benzene rings is 1. The lowest BCUT2D eigenvalue weighted by Crippen LogP contribution is -2.42. The van der Waals surface area contributed by atoms with Crippen LogP contribution in [0.5, 0.6) is 0 Å². The highest BCUT2D eigenvalue weighted by molar-refractivity contribution is 7.10. The van der Waals surface area contributed by atoms with Crippen molar-refractivity contribution < 1.29 is 4.52 Å². The fraction of sp³-hybridized carbons (Fsp3) is 0.364. The van der Waals surface area contributed by atoms with Crippen LogP contribution in [0.15, 0.2) is 63.4 Å². The van der Waals surface area contributed by atoms with E-state index in [4.69, 9.17) is 4.52 Å². The lowest BCUT2D eigenvalue weighted by molar-refractivity contribution is 0.249. The van der Waals surface area contributed by atoms with E-state index >= 15 is 0 Å². The topological polar surface area (TPSA) is 65.7 Å². The van der Waals surface area contributed by atoms with Crippen LogP contribution in [0, 0.1) is 0 Å². The Morgan fingerprint density at radius 1 is 1.17 bits per heavy atom. The van der Waals surface area contributed by atoms with E-state index in [2.05, 4.69) is 43.2 Å². The molecule has 2 aromatic heterocycles. The molecule has 0 bridgehead atoms.